The van der Waals surface area contributed by atoms with E-state index in [0.29, 0.717) is 5.41 Å². The molecule has 0 saturated heterocycles. The third-order valence-corrected chi connectivity index (χ3v) is 6.12. The molecule has 0 heterocycles. The molecule has 0 radical (unpaired) electrons. The lowest BCUT2D eigenvalue weighted by molar-refractivity contribution is -0.327. The minimum atomic E-state index is -5.24. The largest absolute Gasteiger partial charge is 0.457 e. The molecule has 0 aliphatic rings. The van der Waals surface area contributed by atoms with Gasteiger partial charge in [0.25, 0.3) is 0 Å². The zero-order chi connectivity index (χ0) is 34.1. The van der Waals surface area contributed by atoms with Crippen molar-refractivity contribution in [3.63, 3.8) is 0 Å². The van der Waals surface area contributed by atoms with E-state index in [9.17, 15) is 26.3 Å². The van der Waals surface area contributed by atoms with Crippen molar-refractivity contribution < 1.29 is 35.8 Å². The van der Waals surface area contributed by atoms with Crippen LogP contribution in [0.3, 0.4) is 0 Å². The first kappa shape index (κ1) is 37.2. The molecule has 0 N–H and O–H groups in total. The van der Waals surface area contributed by atoms with Crippen LogP contribution in [0, 0.1) is 24.7 Å². The minimum Gasteiger partial charge on any atom is -0.457 e. The quantitative estimate of drug-likeness (QED) is 0.197. The monoisotopic (exact) mass is 632 g/mol. The average Bonchev–Trinajstić information content (AvgIpc) is 2.89. The summed E-state index contributed by atoms with van der Waals surface area (Å²) < 4.78 is 81.5. The van der Waals surface area contributed by atoms with Crippen LogP contribution < -0.4 is 9.47 Å². The highest BCUT2D eigenvalue weighted by atomic mass is 19.4. The zero-order valence-electron chi connectivity index (χ0n) is 27.0. The van der Waals surface area contributed by atoms with Crippen molar-refractivity contribution >= 4 is 0 Å². The van der Waals surface area contributed by atoms with E-state index < -0.39 is 17.8 Å². The molecule has 4 rings (SSSR count). The number of ether oxygens (including phenoxy) is 2. The molecule has 0 spiro atoms. The first-order valence-electron chi connectivity index (χ1n) is 14.4. The Morgan fingerprint density at radius 2 is 0.778 bits per heavy atom. The Kier molecular flexibility index (Phi) is 12.7. The number of hydrogen-bond acceptors (Lipinski definition) is 2. The molecule has 0 atom stereocenters. The Labute approximate surface area is 263 Å². The van der Waals surface area contributed by atoms with Crippen LogP contribution in [0.4, 0.5) is 26.3 Å². The van der Waals surface area contributed by atoms with Gasteiger partial charge in [-0.05, 0) is 110 Å². The van der Waals surface area contributed by atoms with Gasteiger partial charge in [-0.3, -0.25) is 0 Å². The van der Waals surface area contributed by atoms with Crippen molar-refractivity contribution in [2.75, 3.05) is 0 Å². The topological polar surface area (TPSA) is 18.5 Å². The first-order chi connectivity index (χ1) is 20.6. The number of halogens is 6. The summed E-state index contributed by atoms with van der Waals surface area (Å²) in [6, 6.07) is 32.7. The molecule has 45 heavy (non-hydrogen) atoms. The van der Waals surface area contributed by atoms with Gasteiger partial charge in [-0.25, -0.2) is 0 Å². The van der Waals surface area contributed by atoms with Gasteiger partial charge in [0.2, 0.25) is 0 Å². The lowest BCUT2D eigenvalue weighted by Gasteiger charge is -2.29. The Bertz CT molecular complexity index is 1350. The SMILES string of the molecule is CC(C)(C(F)(F)F)C(F)(F)F.CC(C)(C)C.Cc1cccc(Oc2ccc(Cc3ccc(Oc4cccc(C)c4)cc3)cc2)c1. The van der Waals surface area contributed by atoms with E-state index in [1.54, 1.807) is 0 Å². The smallest absolute Gasteiger partial charge is 0.402 e. The zero-order valence-corrected chi connectivity index (χ0v) is 27.0. The fourth-order valence-corrected chi connectivity index (χ4v) is 3.38. The van der Waals surface area contributed by atoms with E-state index in [0.717, 1.165) is 29.4 Å². The molecule has 4 aromatic carbocycles. The molecule has 4 aromatic rings. The van der Waals surface area contributed by atoms with Crippen LogP contribution in [-0.4, -0.2) is 12.4 Å². The highest BCUT2D eigenvalue weighted by molar-refractivity contribution is 5.38. The molecule has 0 aliphatic heterocycles. The van der Waals surface area contributed by atoms with E-state index in [-0.39, 0.29) is 13.8 Å². The molecule has 244 valence electrons. The second-order valence-electron chi connectivity index (χ2n) is 12.9. The molecule has 0 bridgehead atoms. The molecule has 0 amide bonds. The summed E-state index contributed by atoms with van der Waals surface area (Å²) in [6.07, 6.45) is -9.62. The first-order valence-corrected chi connectivity index (χ1v) is 14.4. The van der Waals surface area contributed by atoms with Gasteiger partial charge in [0.1, 0.15) is 23.0 Å². The highest BCUT2D eigenvalue weighted by Gasteiger charge is 2.64. The van der Waals surface area contributed by atoms with Crippen molar-refractivity contribution in [2.45, 2.75) is 74.2 Å². The van der Waals surface area contributed by atoms with Crippen LogP contribution in [0.1, 0.15) is 63.8 Å². The number of benzene rings is 4. The molecule has 0 aliphatic carbocycles. The van der Waals surface area contributed by atoms with Gasteiger partial charge in [-0.2, -0.15) is 26.3 Å². The molecule has 0 aromatic heterocycles. The Hall–Kier alpha value is -3.94. The maximum absolute atomic E-state index is 11.6. The Morgan fingerprint density at radius 3 is 1.02 bits per heavy atom. The van der Waals surface area contributed by atoms with Gasteiger partial charge in [-0.1, -0.05) is 76.2 Å². The number of hydrogen-bond donors (Lipinski definition) is 0. The Morgan fingerprint density at radius 1 is 0.467 bits per heavy atom. The third kappa shape index (κ3) is 13.3. The summed E-state index contributed by atoms with van der Waals surface area (Å²) in [6.45, 7) is 13.1. The van der Waals surface area contributed by atoms with Crippen LogP contribution in [-0.2, 0) is 6.42 Å². The van der Waals surface area contributed by atoms with Gasteiger partial charge in [0, 0.05) is 0 Å². The minimum absolute atomic E-state index is 0.104. The highest BCUT2D eigenvalue weighted by Crippen LogP contribution is 2.49. The van der Waals surface area contributed by atoms with Gasteiger partial charge in [-0.15, -0.1) is 0 Å². The summed E-state index contributed by atoms with van der Waals surface area (Å²) in [5.41, 5.74) is 1.74. The van der Waals surface area contributed by atoms with Crippen molar-refractivity contribution in [3.8, 4) is 23.0 Å². The van der Waals surface area contributed by atoms with E-state index >= 15 is 0 Å². The maximum Gasteiger partial charge on any atom is 0.402 e. The fraction of sp³-hybridized carbons (Fsp3) is 0.351. The molecular formula is C37H42F6O2. The predicted octanol–water partition coefficient (Wildman–Crippen LogP) is 12.7. The summed E-state index contributed by atoms with van der Waals surface area (Å²) in [5, 5.41) is 0. The average molecular weight is 633 g/mol. The summed E-state index contributed by atoms with van der Waals surface area (Å²) in [4.78, 5) is 0. The maximum atomic E-state index is 11.6. The lowest BCUT2D eigenvalue weighted by atomic mass is 9.92. The molecule has 0 fully saturated rings. The van der Waals surface area contributed by atoms with E-state index in [4.69, 9.17) is 9.47 Å². The van der Waals surface area contributed by atoms with Gasteiger partial charge >= 0.3 is 12.4 Å². The van der Waals surface area contributed by atoms with Gasteiger partial charge < -0.3 is 9.47 Å². The normalized spacial score (nSPS) is 11.9. The predicted molar refractivity (Wildman–Crippen MR) is 169 cm³/mol. The van der Waals surface area contributed by atoms with Crippen LogP contribution in [0.25, 0.3) is 0 Å². The standard InChI is InChI=1S/C27H24O2.C5H6F6.C5H12/c1-20-5-3-7-26(17-20)28-24-13-9-22(10-14-24)19-23-11-15-25(16-12-23)29-27-8-4-6-21(2)18-27;1-3(2,4(6,7)8)5(9,10)11;1-5(2,3)4/h3-18H,19H2,1-2H3;1-2H3;1-4H3. The van der Waals surface area contributed by atoms with Crippen LogP contribution in [0.2, 0.25) is 0 Å². The van der Waals surface area contributed by atoms with Crippen LogP contribution in [0.5, 0.6) is 23.0 Å². The molecular weight excluding hydrogens is 590 g/mol. The fourth-order valence-electron chi connectivity index (χ4n) is 3.38. The van der Waals surface area contributed by atoms with E-state index in [1.807, 2.05) is 60.7 Å². The molecule has 0 unspecified atom stereocenters. The third-order valence-electron chi connectivity index (χ3n) is 6.12. The molecule has 2 nitrogen and oxygen atoms in total. The van der Waals surface area contributed by atoms with Crippen molar-refractivity contribution in [1.82, 2.24) is 0 Å². The lowest BCUT2D eigenvalue weighted by Crippen LogP contribution is -2.44. The van der Waals surface area contributed by atoms with Crippen molar-refractivity contribution in [1.29, 1.82) is 0 Å². The Balaban J connectivity index is 0.000000367. The second kappa shape index (κ2) is 15.4. The van der Waals surface area contributed by atoms with Crippen LogP contribution >= 0.6 is 0 Å². The number of aryl methyl sites for hydroxylation is 2. The number of rotatable bonds is 6. The summed E-state index contributed by atoms with van der Waals surface area (Å²) in [7, 11) is 0. The van der Waals surface area contributed by atoms with E-state index in [2.05, 4.69) is 77.9 Å². The molecule has 8 heteroatoms. The second-order valence-corrected chi connectivity index (χ2v) is 12.9. The number of alkyl halides is 6. The van der Waals surface area contributed by atoms with Crippen molar-refractivity contribution in [2.24, 2.45) is 10.8 Å². The summed E-state index contributed by atoms with van der Waals surface area (Å²) >= 11 is 0. The van der Waals surface area contributed by atoms with Gasteiger partial charge in [0.15, 0.2) is 5.41 Å². The van der Waals surface area contributed by atoms with E-state index in [1.165, 1.54) is 22.3 Å². The van der Waals surface area contributed by atoms with Crippen LogP contribution in [0.15, 0.2) is 97.1 Å². The molecule has 0 saturated carbocycles. The van der Waals surface area contributed by atoms with Crippen molar-refractivity contribution in [3.05, 3.63) is 119 Å². The van der Waals surface area contributed by atoms with Gasteiger partial charge in [0.05, 0.1) is 0 Å². The summed E-state index contributed by atoms with van der Waals surface area (Å²) in [5.74, 6) is 3.42.